The van der Waals surface area contributed by atoms with Gasteiger partial charge in [-0.05, 0) is 47.6 Å². The van der Waals surface area contributed by atoms with Crippen LogP contribution in [0.2, 0.25) is 0 Å². The summed E-state index contributed by atoms with van der Waals surface area (Å²) in [4.78, 5) is 4.52. The first-order chi connectivity index (χ1) is 18.5. The van der Waals surface area contributed by atoms with E-state index in [4.69, 9.17) is 0 Å². The van der Waals surface area contributed by atoms with Crippen LogP contribution in [0.15, 0.2) is 109 Å². The van der Waals surface area contributed by atoms with Crippen LogP contribution in [0.3, 0.4) is 0 Å². The molecule has 0 saturated carbocycles. The van der Waals surface area contributed by atoms with Gasteiger partial charge in [0.1, 0.15) is 0 Å². The van der Waals surface area contributed by atoms with Crippen molar-refractivity contribution >= 4 is 50.6 Å². The molecule has 0 spiro atoms. The molecule has 2 heterocycles. The number of nitrogens with zero attached hydrogens (tertiary/aromatic N) is 3. The van der Waals surface area contributed by atoms with E-state index >= 15 is 0 Å². The molecule has 0 unspecified atom stereocenters. The molecule has 6 aromatic rings. The van der Waals surface area contributed by atoms with Crippen LogP contribution in [0, 0.1) is 27.7 Å². The van der Waals surface area contributed by atoms with E-state index in [1.54, 1.807) is 0 Å². The minimum absolute atomic E-state index is 0. The molecule has 39 heavy (non-hydrogen) atoms. The summed E-state index contributed by atoms with van der Waals surface area (Å²) in [5.74, 6) is 0. The van der Waals surface area contributed by atoms with Crippen LogP contribution in [-0.2, 0) is 22.4 Å². The SMILES string of the molecule is Cc1cccc(C)c1[N+]1=C=[N+](c2c(C)cccc2C)c2ccccc21.[Au+].c1ccc2c(c1)[n-]c1ccccc12. The van der Waals surface area contributed by atoms with E-state index in [-0.39, 0.29) is 22.4 Å². The van der Waals surface area contributed by atoms with E-state index in [0.717, 1.165) is 11.0 Å². The average molecular weight is 690 g/mol. The normalized spacial score (nSPS) is 11.8. The Morgan fingerprint density at radius 2 is 0.821 bits per heavy atom. The summed E-state index contributed by atoms with van der Waals surface area (Å²) < 4.78 is 4.40. The molecule has 0 N–H and O–H groups in total. The van der Waals surface area contributed by atoms with Crippen molar-refractivity contribution < 1.29 is 22.4 Å². The number of aryl methyl sites for hydroxylation is 4. The van der Waals surface area contributed by atoms with Crippen molar-refractivity contribution in [3.8, 4) is 0 Å². The first-order valence-corrected chi connectivity index (χ1v) is 13.0. The van der Waals surface area contributed by atoms with E-state index < -0.39 is 0 Å². The summed E-state index contributed by atoms with van der Waals surface area (Å²) in [6.45, 7) is 8.64. The second-order valence-corrected chi connectivity index (χ2v) is 9.89. The Bertz CT molecular complexity index is 1730. The van der Waals surface area contributed by atoms with Crippen LogP contribution < -0.4 is 14.1 Å². The molecule has 7 rings (SSSR count). The average Bonchev–Trinajstić information content (AvgIpc) is 3.48. The Kier molecular flexibility index (Phi) is 7.52. The molecule has 0 aliphatic carbocycles. The van der Waals surface area contributed by atoms with Gasteiger partial charge in [-0.25, -0.2) is 0 Å². The minimum atomic E-state index is 0. The number of hydrogen-bond acceptors (Lipinski definition) is 0. The first-order valence-electron chi connectivity index (χ1n) is 13.0. The molecule has 0 amide bonds. The standard InChI is InChI=1S/C23H22N2.C12H8N.Au/c1-16-9-7-10-17(2)22(16)24-15-25(21-14-6-5-13-20(21)24)23-18(3)11-8-12-19(23)4;1-3-7-11-9(5-1)10-6-2-4-8-12(10)13-11;/h5-14H,1-4H3;1-8H;/q+2;-1;+1. The minimum Gasteiger partial charge on any atom is -0.657 e. The maximum Gasteiger partial charge on any atom is 1.00 e. The third-order valence-electron chi connectivity index (χ3n) is 7.23. The molecule has 1 aromatic heterocycles. The molecule has 4 heteroatoms. The summed E-state index contributed by atoms with van der Waals surface area (Å²) in [6, 6.07) is 41.5. The number of hydrogen-bond donors (Lipinski definition) is 0. The number of fused-ring (bicyclic) bond motifs is 4. The maximum atomic E-state index is 4.52. The van der Waals surface area contributed by atoms with Gasteiger partial charge in [-0.3, -0.25) is 0 Å². The zero-order valence-electron chi connectivity index (χ0n) is 22.5. The van der Waals surface area contributed by atoms with E-state index in [1.807, 2.05) is 12.1 Å². The third-order valence-corrected chi connectivity index (χ3v) is 7.23. The summed E-state index contributed by atoms with van der Waals surface area (Å²) in [7, 11) is 0. The van der Waals surface area contributed by atoms with Gasteiger partial charge in [0.2, 0.25) is 11.4 Å². The van der Waals surface area contributed by atoms with Gasteiger partial charge in [0, 0.05) is 34.4 Å². The molecule has 0 atom stereocenters. The van der Waals surface area contributed by atoms with E-state index in [0.29, 0.717) is 0 Å². The Labute approximate surface area is 245 Å². The van der Waals surface area contributed by atoms with Crippen molar-refractivity contribution in [2.45, 2.75) is 27.7 Å². The molecular formula is C35H30AuN3+2. The fraction of sp³-hybridized carbons (Fsp3) is 0.114. The fourth-order valence-corrected chi connectivity index (χ4v) is 5.44. The van der Waals surface area contributed by atoms with Crippen LogP contribution in [-0.4, -0.2) is 6.01 Å². The molecule has 194 valence electrons. The van der Waals surface area contributed by atoms with Gasteiger partial charge in [0.15, 0.2) is 0 Å². The Hall–Kier alpha value is -3.98. The summed E-state index contributed by atoms with van der Waals surface area (Å²) in [6.07, 6.45) is 0. The first kappa shape index (κ1) is 26.6. The molecule has 3 nitrogen and oxygen atoms in total. The molecule has 5 aromatic carbocycles. The summed E-state index contributed by atoms with van der Waals surface area (Å²) >= 11 is 0. The van der Waals surface area contributed by atoms with Crippen LogP contribution in [0.5, 0.6) is 0 Å². The van der Waals surface area contributed by atoms with Gasteiger partial charge >= 0.3 is 28.4 Å². The molecule has 1 aliphatic rings. The van der Waals surface area contributed by atoms with Gasteiger partial charge in [-0.2, -0.15) is 0 Å². The second-order valence-electron chi connectivity index (χ2n) is 9.89. The number of aromatic nitrogens is 1. The van der Waals surface area contributed by atoms with Crippen LogP contribution in [0.25, 0.3) is 21.8 Å². The van der Waals surface area contributed by atoms with Crippen molar-refractivity contribution in [1.82, 2.24) is 14.1 Å². The molecule has 0 saturated heterocycles. The van der Waals surface area contributed by atoms with Crippen molar-refractivity contribution in [2.75, 3.05) is 0 Å². The summed E-state index contributed by atoms with van der Waals surface area (Å²) in [5.41, 5.74) is 12.0. The summed E-state index contributed by atoms with van der Waals surface area (Å²) in [5, 5.41) is 2.50. The van der Waals surface area contributed by atoms with Gasteiger partial charge < -0.3 is 4.98 Å². The topological polar surface area (TPSA) is 20.1 Å². The van der Waals surface area contributed by atoms with Gasteiger partial charge in [0.25, 0.3) is 11.4 Å². The molecule has 0 fully saturated rings. The predicted molar refractivity (Wildman–Crippen MR) is 161 cm³/mol. The Morgan fingerprint density at radius 1 is 0.462 bits per heavy atom. The number of para-hydroxylation sites is 6. The van der Waals surface area contributed by atoms with Crippen molar-refractivity contribution in [3.63, 3.8) is 0 Å². The molecular weight excluding hydrogens is 659 g/mol. The van der Waals surface area contributed by atoms with Crippen LogP contribution in [0.4, 0.5) is 22.7 Å². The van der Waals surface area contributed by atoms with Crippen LogP contribution in [0.1, 0.15) is 22.3 Å². The van der Waals surface area contributed by atoms with Crippen molar-refractivity contribution in [3.05, 3.63) is 131 Å². The van der Waals surface area contributed by atoms with E-state index in [9.17, 15) is 0 Å². The zero-order valence-corrected chi connectivity index (χ0v) is 24.7. The Balaban J connectivity index is 0.000000185. The van der Waals surface area contributed by atoms with Crippen LogP contribution >= 0.6 is 0 Å². The van der Waals surface area contributed by atoms with E-state index in [2.05, 4.69) is 145 Å². The van der Waals surface area contributed by atoms with Gasteiger partial charge in [0.05, 0.1) is 0 Å². The van der Waals surface area contributed by atoms with Gasteiger partial charge in [-0.15, -0.1) is 11.0 Å². The Morgan fingerprint density at radius 3 is 1.23 bits per heavy atom. The number of rotatable bonds is 2. The number of benzene rings is 5. The molecule has 0 radical (unpaired) electrons. The smallest absolute Gasteiger partial charge is 0.657 e. The van der Waals surface area contributed by atoms with Gasteiger partial charge in [-0.1, -0.05) is 97.1 Å². The monoisotopic (exact) mass is 689 g/mol. The molecule has 1 aliphatic heterocycles. The second kappa shape index (κ2) is 11.0. The molecule has 0 bridgehead atoms. The van der Waals surface area contributed by atoms with E-state index in [1.165, 1.54) is 55.8 Å². The zero-order chi connectivity index (χ0) is 26.2. The quantitative estimate of drug-likeness (QED) is 0.131. The third kappa shape index (κ3) is 4.83. The fourth-order valence-electron chi connectivity index (χ4n) is 5.44. The maximum absolute atomic E-state index is 4.52. The predicted octanol–water partition coefficient (Wildman–Crippen LogP) is 8.72. The van der Waals surface area contributed by atoms with Crippen molar-refractivity contribution in [2.24, 2.45) is 0 Å². The largest absolute Gasteiger partial charge is 1.00 e. The van der Waals surface area contributed by atoms with Crippen molar-refractivity contribution in [1.29, 1.82) is 0 Å².